The van der Waals surface area contributed by atoms with Crippen molar-refractivity contribution in [2.45, 2.75) is 65.5 Å². The van der Waals surface area contributed by atoms with E-state index in [9.17, 15) is 4.79 Å². The molecule has 0 aromatic carbocycles. The van der Waals surface area contributed by atoms with Gasteiger partial charge in [-0.05, 0) is 76.8 Å². The molecule has 0 radical (unpaired) electrons. The number of rotatable bonds is 1. The zero-order valence-corrected chi connectivity index (χ0v) is 17.5. The maximum Gasteiger partial charge on any atom is 0.410 e. The quantitative estimate of drug-likeness (QED) is 0.687. The first kappa shape index (κ1) is 20.0. The third kappa shape index (κ3) is 4.95. The number of likely N-dealkylation sites (N-methyl/N-ethyl adjacent to an activating group) is 1. The van der Waals surface area contributed by atoms with E-state index in [4.69, 9.17) is 9.47 Å². The minimum atomic E-state index is -0.461. The van der Waals surface area contributed by atoms with Crippen LogP contribution in [0, 0.1) is 0 Å². The van der Waals surface area contributed by atoms with Crippen molar-refractivity contribution in [3.05, 3.63) is 34.6 Å². The highest BCUT2D eigenvalue weighted by Crippen LogP contribution is 2.33. The summed E-state index contributed by atoms with van der Waals surface area (Å²) in [5.41, 5.74) is 3.69. The van der Waals surface area contributed by atoms with Crippen molar-refractivity contribution in [2.75, 3.05) is 32.8 Å². The van der Waals surface area contributed by atoms with Gasteiger partial charge in [-0.15, -0.1) is 0 Å². The van der Waals surface area contributed by atoms with Gasteiger partial charge in [-0.25, -0.2) is 4.79 Å². The number of carbonyl (C=O) groups excluding carboxylic acids is 1. The van der Waals surface area contributed by atoms with E-state index >= 15 is 0 Å². The van der Waals surface area contributed by atoms with E-state index in [1.165, 1.54) is 16.7 Å². The van der Waals surface area contributed by atoms with E-state index in [0.29, 0.717) is 19.1 Å². The van der Waals surface area contributed by atoms with Crippen molar-refractivity contribution in [3.8, 4) is 0 Å². The van der Waals surface area contributed by atoms with Crippen LogP contribution in [0.1, 0.15) is 53.9 Å². The second-order valence-corrected chi connectivity index (χ2v) is 8.71. The number of hydrogen-bond donors (Lipinski definition) is 0. The predicted octanol–water partition coefficient (Wildman–Crippen LogP) is 4.27. The van der Waals surface area contributed by atoms with Crippen LogP contribution in [0.3, 0.4) is 0 Å². The van der Waals surface area contributed by atoms with Gasteiger partial charge < -0.3 is 14.4 Å². The van der Waals surface area contributed by atoms with Crippen LogP contribution in [-0.2, 0) is 9.47 Å². The summed E-state index contributed by atoms with van der Waals surface area (Å²) < 4.78 is 11.6. The van der Waals surface area contributed by atoms with Crippen LogP contribution in [0.5, 0.6) is 0 Å². The first-order valence-electron chi connectivity index (χ1n) is 10.2. The lowest BCUT2D eigenvalue weighted by atomic mass is 9.90. The van der Waals surface area contributed by atoms with Crippen LogP contribution in [0.25, 0.3) is 0 Å². The zero-order valence-electron chi connectivity index (χ0n) is 17.5. The molecule has 0 spiro atoms. The van der Waals surface area contributed by atoms with Gasteiger partial charge in [-0.2, -0.15) is 0 Å². The molecular formula is C22H34N2O3. The molecule has 0 N–H and O–H groups in total. The molecule has 27 heavy (non-hydrogen) atoms. The molecule has 0 aromatic rings. The monoisotopic (exact) mass is 374 g/mol. The SMILES string of the molecule is CCN1CCOC2=CC1C/C(C)=C1/CCN(C(=O)OC(C)(C)C)CC/C1=C/2. The summed E-state index contributed by atoms with van der Waals surface area (Å²) in [4.78, 5) is 16.9. The molecule has 1 fully saturated rings. The van der Waals surface area contributed by atoms with Gasteiger partial charge >= 0.3 is 6.09 Å². The van der Waals surface area contributed by atoms with Crippen LogP contribution < -0.4 is 0 Å². The molecular weight excluding hydrogens is 340 g/mol. The minimum Gasteiger partial charge on any atom is -0.493 e. The lowest BCUT2D eigenvalue weighted by Gasteiger charge is -2.28. The standard InChI is InChI=1S/C22H34N2O3/c1-6-23-11-12-26-19-14-17-7-9-24(21(25)27-22(3,4)5)10-8-20(17)16(2)13-18(23)15-19/h14-15,18H,6-13H2,1-5H3/b17-14-,20-16-. The lowest BCUT2D eigenvalue weighted by Crippen LogP contribution is -2.37. The highest BCUT2D eigenvalue weighted by molar-refractivity contribution is 5.68. The lowest BCUT2D eigenvalue weighted by molar-refractivity contribution is 0.0260. The largest absolute Gasteiger partial charge is 0.493 e. The highest BCUT2D eigenvalue weighted by atomic mass is 16.6. The Balaban J connectivity index is 1.83. The fourth-order valence-corrected chi connectivity index (χ4v) is 4.15. The summed E-state index contributed by atoms with van der Waals surface area (Å²) in [6.45, 7) is 14.4. The molecule has 3 aliphatic rings. The maximum atomic E-state index is 12.5. The Morgan fingerprint density at radius 1 is 1.26 bits per heavy atom. The van der Waals surface area contributed by atoms with E-state index in [2.05, 4.69) is 30.9 Å². The molecule has 0 saturated carbocycles. The molecule has 3 rings (SSSR count). The molecule has 1 amide bonds. The van der Waals surface area contributed by atoms with Gasteiger partial charge in [0.05, 0.1) is 0 Å². The Hall–Kier alpha value is -1.75. The van der Waals surface area contributed by atoms with E-state index in [0.717, 1.165) is 44.7 Å². The summed E-state index contributed by atoms with van der Waals surface area (Å²) in [5, 5.41) is 0. The summed E-state index contributed by atoms with van der Waals surface area (Å²) >= 11 is 0. The molecule has 1 aliphatic carbocycles. The Morgan fingerprint density at radius 3 is 2.70 bits per heavy atom. The second kappa shape index (κ2) is 8.09. The number of carbonyl (C=O) groups is 1. The zero-order chi connectivity index (χ0) is 19.6. The van der Waals surface area contributed by atoms with Crippen molar-refractivity contribution in [1.29, 1.82) is 0 Å². The topological polar surface area (TPSA) is 42.0 Å². The van der Waals surface area contributed by atoms with E-state index < -0.39 is 5.60 Å². The van der Waals surface area contributed by atoms with Crippen LogP contribution >= 0.6 is 0 Å². The number of nitrogens with zero attached hydrogens (tertiary/aromatic N) is 2. The molecule has 1 unspecified atom stereocenters. The van der Waals surface area contributed by atoms with Gasteiger partial charge in [0.25, 0.3) is 0 Å². The fraction of sp³-hybridized carbons (Fsp3) is 0.682. The molecule has 1 saturated heterocycles. The molecule has 0 aromatic heterocycles. The number of hydrogen-bond acceptors (Lipinski definition) is 4. The van der Waals surface area contributed by atoms with Crippen molar-refractivity contribution in [3.63, 3.8) is 0 Å². The summed E-state index contributed by atoms with van der Waals surface area (Å²) in [7, 11) is 0. The smallest absolute Gasteiger partial charge is 0.410 e. The number of amides is 1. The van der Waals surface area contributed by atoms with Crippen molar-refractivity contribution < 1.29 is 14.3 Å². The number of fused-ring (bicyclic) bond motifs is 2. The van der Waals surface area contributed by atoms with Gasteiger partial charge in [0.15, 0.2) is 0 Å². The second-order valence-electron chi connectivity index (χ2n) is 8.71. The molecule has 2 heterocycles. The number of likely N-dealkylation sites (tertiary alicyclic amines) is 1. The normalized spacial score (nSPS) is 29.1. The van der Waals surface area contributed by atoms with E-state index in [-0.39, 0.29) is 6.09 Å². The average molecular weight is 375 g/mol. The molecule has 2 bridgehead atoms. The van der Waals surface area contributed by atoms with Gasteiger partial charge in [0.2, 0.25) is 0 Å². The molecule has 150 valence electrons. The number of ether oxygens (including phenoxy) is 2. The molecule has 1 atom stereocenters. The maximum absolute atomic E-state index is 12.5. The van der Waals surface area contributed by atoms with Crippen molar-refractivity contribution in [1.82, 2.24) is 9.80 Å². The van der Waals surface area contributed by atoms with Crippen molar-refractivity contribution >= 4 is 6.09 Å². The Kier molecular flexibility index (Phi) is 5.99. The van der Waals surface area contributed by atoms with Gasteiger partial charge in [-0.3, -0.25) is 4.90 Å². The van der Waals surface area contributed by atoms with Crippen molar-refractivity contribution in [2.24, 2.45) is 0 Å². The number of allylic oxidation sites excluding steroid dienone is 1. The Bertz CT molecular complexity index is 670. The fourth-order valence-electron chi connectivity index (χ4n) is 4.15. The summed E-state index contributed by atoms with van der Waals surface area (Å²) in [6, 6.07) is 0.392. The van der Waals surface area contributed by atoms with Gasteiger partial charge in [0, 0.05) is 25.7 Å². The first-order valence-corrected chi connectivity index (χ1v) is 10.2. The highest BCUT2D eigenvalue weighted by Gasteiger charge is 2.28. The Labute approximate surface area is 163 Å². The average Bonchev–Trinajstić information content (AvgIpc) is 2.89. The van der Waals surface area contributed by atoms with E-state index in [1.54, 1.807) is 0 Å². The first-order chi connectivity index (χ1) is 12.8. The third-order valence-corrected chi connectivity index (χ3v) is 5.55. The van der Waals surface area contributed by atoms with Gasteiger partial charge in [-0.1, -0.05) is 12.5 Å². The van der Waals surface area contributed by atoms with E-state index in [1.807, 2.05) is 25.7 Å². The van der Waals surface area contributed by atoms with Crippen LogP contribution in [0.2, 0.25) is 0 Å². The predicted molar refractivity (Wildman–Crippen MR) is 108 cm³/mol. The molecule has 5 heteroatoms. The molecule has 2 aliphatic heterocycles. The summed E-state index contributed by atoms with van der Waals surface area (Å²) in [5.74, 6) is 0.988. The van der Waals surface area contributed by atoms with Gasteiger partial charge in [0.1, 0.15) is 18.0 Å². The van der Waals surface area contributed by atoms with Crippen LogP contribution in [0.15, 0.2) is 34.6 Å². The van der Waals surface area contributed by atoms with Crippen LogP contribution in [0.4, 0.5) is 4.79 Å². The molecule has 5 nitrogen and oxygen atoms in total. The minimum absolute atomic E-state index is 0.209. The third-order valence-electron chi connectivity index (χ3n) is 5.55. The Morgan fingerprint density at radius 2 is 2.00 bits per heavy atom. The summed E-state index contributed by atoms with van der Waals surface area (Å²) in [6.07, 6.45) is 7.03. The van der Waals surface area contributed by atoms with Crippen LogP contribution in [-0.4, -0.2) is 60.3 Å².